The minimum atomic E-state index is -0.110. The van der Waals surface area contributed by atoms with E-state index in [2.05, 4.69) is 25.3 Å². The smallest absolute Gasteiger partial charge is 0.0592 e. The second kappa shape index (κ2) is 4.06. The Morgan fingerprint density at radius 1 is 1.58 bits per heavy atom. The number of hydrogen-bond acceptors (Lipinski definition) is 2. The molecule has 1 N–H and O–H groups in total. The number of rotatable bonds is 2. The zero-order chi connectivity index (χ0) is 9.14. The third kappa shape index (κ3) is 2.08. The van der Waals surface area contributed by atoms with Crippen molar-refractivity contribution in [1.82, 2.24) is 4.90 Å². The minimum absolute atomic E-state index is 0.110. The lowest BCUT2D eigenvalue weighted by atomic mass is 9.92. The third-order valence-corrected chi connectivity index (χ3v) is 2.75. The van der Waals surface area contributed by atoms with E-state index in [4.69, 9.17) is 0 Å². The van der Waals surface area contributed by atoms with Crippen LogP contribution >= 0.6 is 0 Å². The van der Waals surface area contributed by atoms with E-state index in [9.17, 15) is 5.11 Å². The van der Waals surface area contributed by atoms with Gasteiger partial charge in [0.15, 0.2) is 0 Å². The average molecular weight is 169 g/mol. The Balaban J connectivity index is 2.49. The van der Waals surface area contributed by atoms with Gasteiger partial charge >= 0.3 is 0 Å². The van der Waals surface area contributed by atoms with Crippen LogP contribution in [-0.2, 0) is 0 Å². The topological polar surface area (TPSA) is 23.5 Å². The average Bonchev–Trinajstić information content (AvgIpc) is 2.01. The molecule has 1 rings (SSSR count). The van der Waals surface area contributed by atoms with Gasteiger partial charge in [0, 0.05) is 19.1 Å². The number of aliphatic hydroxyl groups is 1. The van der Waals surface area contributed by atoms with Gasteiger partial charge in [-0.15, -0.1) is 6.58 Å². The van der Waals surface area contributed by atoms with Gasteiger partial charge < -0.3 is 5.11 Å². The number of aliphatic hydroxyl groups excluding tert-OH is 1. The van der Waals surface area contributed by atoms with Crippen molar-refractivity contribution in [3.05, 3.63) is 12.7 Å². The molecule has 0 bridgehead atoms. The van der Waals surface area contributed by atoms with Crippen molar-refractivity contribution in [2.45, 2.75) is 32.4 Å². The first kappa shape index (κ1) is 9.75. The molecule has 1 saturated heterocycles. The summed E-state index contributed by atoms with van der Waals surface area (Å²) < 4.78 is 0. The van der Waals surface area contributed by atoms with E-state index in [1.165, 1.54) is 0 Å². The van der Waals surface area contributed by atoms with Gasteiger partial charge in [0.25, 0.3) is 0 Å². The summed E-state index contributed by atoms with van der Waals surface area (Å²) in [6, 6.07) is 0.495. The Kier molecular flexibility index (Phi) is 3.29. The molecule has 1 aliphatic rings. The van der Waals surface area contributed by atoms with E-state index in [1.807, 2.05) is 6.08 Å². The molecule has 0 saturated carbocycles. The van der Waals surface area contributed by atoms with Crippen molar-refractivity contribution < 1.29 is 5.11 Å². The second-order valence-electron chi connectivity index (χ2n) is 3.87. The lowest BCUT2D eigenvalue weighted by molar-refractivity contribution is 0.0109. The summed E-state index contributed by atoms with van der Waals surface area (Å²) in [5.74, 6) is 0.404. The first-order valence-electron chi connectivity index (χ1n) is 4.68. The van der Waals surface area contributed by atoms with Crippen LogP contribution in [0.1, 0.15) is 20.3 Å². The molecule has 0 aliphatic carbocycles. The summed E-state index contributed by atoms with van der Waals surface area (Å²) in [7, 11) is 0. The molecule has 0 aromatic carbocycles. The molecule has 3 atom stereocenters. The van der Waals surface area contributed by atoms with Crippen LogP contribution in [0.25, 0.3) is 0 Å². The van der Waals surface area contributed by atoms with E-state index in [-0.39, 0.29) is 6.10 Å². The van der Waals surface area contributed by atoms with E-state index < -0.39 is 0 Å². The predicted molar refractivity (Wildman–Crippen MR) is 51.0 cm³/mol. The van der Waals surface area contributed by atoms with Gasteiger partial charge in [-0.2, -0.15) is 0 Å². The zero-order valence-electron chi connectivity index (χ0n) is 8.03. The molecule has 2 heteroatoms. The van der Waals surface area contributed by atoms with Crippen LogP contribution in [0.4, 0.5) is 0 Å². The van der Waals surface area contributed by atoms with Crippen molar-refractivity contribution in [1.29, 1.82) is 0 Å². The first-order valence-corrected chi connectivity index (χ1v) is 4.68. The molecule has 70 valence electrons. The van der Waals surface area contributed by atoms with Crippen LogP contribution in [0, 0.1) is 5.92 Å². The highest BCUT2D eigenvalue weighted by atomic mass is 16.3. The number of likely N-dealkylation sites (tertiary alicyclic amines) is 1. The van der Waals surface area contributed by atoms with Crippen LogP contribution < -0.4 is 0 Å². The molecule has 1 aliphatic heterocycles. The molecule has 0 spiro atoms. The first-order chi connectivity index (χ1) is 5.65. The highest BCUT2D eigenvalue weighted by Gasteiger charge is 2.28. The highest BCUT2D eigenvalue weighted by molar-refractivity contribution is 4.86. The van der Waals surface area contributed by atoms with Crippen LogP contribution in [0.2, 0.25) is 0 Å². The van der Waals surface area contributed by atoms with Gasteiger partial charge in [0.05, 0.1) is 6.10 Å². The lowest BCUT2D eigenvalue weighted by Gasteiger charge is -2.39. The Morgan fingerprint density at radius 2 is 2.25 bits per heavy atom. The molecule has 2 nitrogen and oxygen atoms in total. The third-order valence-electron chi connectivity index (χ3n) is 2.75. The fourth-order valence-electron chi connectivity index (χ4n) is 1.82. The Morgan fingerprint density at radius 3 is 2.83 bits per heavy atom. The maximum Gasteiger partial charge on any atom is 0.0592 e. The molecule has 1 heterocycles. The van der Waals surface area contributed by atoms with Crippen LogP contribution in [0.5, 0.6) is 0 Å². The normalized spacial score (nSPS) is 38.1. The lowest BCUT2D eigenvalue weighted by Crippen LogP contribution is -2.47. The minimum Gasteiger partial charge on any atom is -0.393 e. The molecule has 0 aromatic rings. The van der Waals surface area contributed by atoms with Crippen LogP contribution in [0.15, 0.2) is 12.7 Å². The van der Waals surface area contributed by atoms with Gasteiger partial charge in [0.1, 0.15) is 0 Å². The van der Waals surface area contributed by atoms with Gasteiger partial charge in [-0.05, 0) is 19.3 Å². The largest absolute Gasteiger partial charge is 0.393 e. The van der Waals surface area contributed by atoms with E-state index >= 15 is 0 Å². The molecule has 0 aromatic heterocycles. The second-order valence-corrected chi connectivity index (χ2v) is 3.87. The number of hydrogen-bond donors (Lipinski definition) is 1. The fourth-order valence-corrected chi connectivity index (χ4v) is 1.82. The van der Waals surface area contributed by atoms with E-state index in [0.29, 0.717) is 12.0 Å². The summed E-state index contributed by atoms with van der Waals surface area (Å²) >= 11 is 0. The van der Waals surface area contributed by atoms with Gasteiger partial charge in [-0.1, -0.05) is 13.0 Å². The summed E-state index contributed by atoms with van der Waals surface area (Å²) in [5.41, 5.74) is 0. The Hall–Kier alpha value is -0.340. The van der Waals surface area contributed by atoms with Crippen molar-refractivity contribution in [2.24, 2.45) is 5.92 Å². The van der Waals surface area contributed by atoms with Crippen molar-refractivity contribution in [2.75, 3.05) is 13.1 Å². The summed E-state index contributed by atoms with van der Waals surface area (Å²) in [5, 5.41) is 9.58. The molecular formula is C10H19NO. The van der Waals surface area contributed by atoms with Crippen molar-refractivity contribution in [3.63, 3.8) is 0 Å². The number of nitrogens with zero attached hydrogens (tertiary/aromatic N) is 1. The molecule has 1 fully saturated rings. The monoisotopic (exact) mass is 169 g/mol. The predicted octanol–water partition coefficient (Wildman–Crippen LogP) is 1.26. The molecule has 12 heavy (non-hydrogen) atoms. The maximum atomic E-state index is 9.58. The van der Waals surface area contributed by atoms with Crippen molar-refractivity contribution in [3.8, 4) is 0 Å². The Labute approximate surface area is 74.9 Å². The van der Waals surface area contributed by atoms with Crippen LogP contribution in [0.3, 0.4) is 0 Å². The van der Waals surface area contributed by atoms with Crippen molar-refractivity contribution >= 4 is 0 Å². The molecular weight excluding hydrogens is 150 g/mol. The zero-order valence-corrected chi connectivity index (χ0v) is 8.03. The van der Waals surface area contributed by atoms with E-state index in [0.717, 1.165) is 19.5 Å². The van der Waals surface area contributed by atoms with Gasteiger partial charge in [-0.25, -0.2) is 0 Å². The summed E-state index contributed by atoms with van der Waals surface area (Å²) in [4.78, 5) is 2.37. The van der Waals surface area contributed by atoms with Crippen LogP contribution in [-0.4, -0.2) is 35.2 Å². The molecule has 0 amide bonds. The summed E-state index contributed by atoms with van der Waals surface area (Å²) in [6.45, 7) is 9.94. The standard InChI is InChI=1S/C10H19NO/c1-4-5-11-7-8(2)10(12)6-9(11)3/h4,8-10,12H,1,5-7H2,2-3H3. The maximum absolute atomic E-state index is 9.58. The quantitative estimate of drug-likeness (QED) is 0.629. The van der Waals surface area contributed by atoms with Gasteiger partial charge in [-0.3, -0.25) is 4.90 Å². The summed E-state index contributed by atoms with van der Waals surface area (Å²) in [6.07, 6.45) is 2.72. The SMILES string of the molecule is C=CCN1CC(C)C(O)CC1C. The number of piperidine rings is 1. The molecule has 3 unspecified atom stereocenters. The van der Waals surface area contributed by atoms with E-state index in [1.54, 1.807) is 0 Å². The molecule has 0 radical (unpaired) electrons. The van der Waals surface area contributed by atoms with Gasteiger partial charge in [0.2, 0.25) is 0 Å². The Bertz CT molecular complexity index is 158. The highest BCUT2D eigenvalue weighted by Crippen LogP contribution is 2.21. The fraction of sp³-hybridized carbons (Fsp3) is 0.800.